The fourth-order valence-electron chi connectivity index (χ4n) is 1.29. The summed E-state index contributed by atoms with van der Waals surface area (Å²) in [5, 5.41) is 9.29. The molecule has 2 N–H and O–H groups in total. The van der Waals surface area contributed by atoms with E-state index in [-0.39, 0.29) is 0 Å². The van der Waals surface area contributed by atoms with Crippen LogP contribution in [-0.2, 0) is 4.74 Å². The fraction of sp³-hybridized carbons (Fsp3) is 0.750. The van der Waals surface area contributed by atoms with Gasteiger partial charge in [-0.05, 0) is 0 Å². The summed E-state index contributed by atoms with van der Waals surface area (Å²) in [4.78, 5) is 2.22. The Labute approximate surface area is 97.0 Å². The molecular formula is C8H14N4OS2. The van der Waals surface area contributed by atoms with Crippen molar-refractivity contribution in [3.05, 3.63) is 0 Å². The number of nitrogens with two attached hydrogens (primary N) is 1. The van der Waals surface area contributed by atoms with Crippen molar-refractivity contribution in [3.63, 3.8) is 0 Å². The van der Waals surface area contributed by atoms with Crippen molar-refractivity contribution in [2.24, 2.45) is 5.73 Å². The van der Waals surface area contributed by atoms with Crippen LogP contribution in [0.15, 0.2) is 4.34 Å². The van der Waals surface area contributed by atoms with Crippen LogP contribution in [0.5, 0.6) is 0 Å². The van der Waals surface area contributed by atoms with Crippen LogP contribution in [0.25, 0.3) is 0 Å². The van der Waals surface area contributed by atoms with Gasteiger partial charge in [0.2, 0.25) is 5.13 Å². The highest BCUT2D eigenvalue weighted by molar-refractivity contribution is 8.01. The second kappa shape index (κ2) is 5.64. The van der Waals surface area contributed by atoms with Gasteiger partial charge in [-0.15, -0.1) is 10.2 Å². The Bertz CT molecular complexity index is 301. The second-order valence-corrected chi connectivity index (χ2v) is 5.39. The monoisotopic (exact) mass is 246 g/mol. The van der Waals surface area contributed by atoms with Gasteiger partial charge in [0.15, 0.2) is 4.34 Å². The molecule has 1 saturated heterocycles. The van der Waals surface area contributed by atoms with Gasteiger partial charge >= 0.3 is 0 Å². The molecule has 5 nitrogen and oxygen atoms in total. The van der Waals surface area contributed by atoms with Gasteiger partial charge < -0.3 is 15.4 Å². The van der Waals surface area contributed by atoms with E-state index in [1.165, 1.54) is 0 Å². The van der Waals surface area contributed by atoms with Gasteiger partial charge in [-0.2, -0.15) is 0 Å². The predicted octanol–water partition coefficient (Wildman–Crippen LogP) is 0.425. The van der Waals surface area contributed by atoms with Gasteiger partial charge in [-0.3, -0.25) is 0 Å². The van der Waals surface area contributed by atoms with Gasteiger partial charge in [0, 0.05) is 25.4 Å². The number of thioether (sulfide) groups is 1. The number of hydrogen-bond acceptors (Lipinski definition) is 7. The van der Waals surface area contributed by atoms with E-state index in [1.54, 1.807) is 23.1 Å². The zero-order valence-electron chi connectivity index (χ0n) is 8.39. The Kier molecular flexibility index (Phi) is 4.18. The molecule has 0 bridgehead atoms. The van der Waals surface area contributed by atoms with Crippen molar-refractivity contribution in [1.82, 2.24) is 10.2 Å². The van der Waals surface area contributed by atoms with Gasteiger partial charge in [0.1, 0.15) is 0 Å². The van der Waals surface area contributed by atoms with E-state index in [0.29, 0.717) is 6.54 Å². The maximum atomic E-state index is 5.43. The van der Waals surface area contributed by atoms with E-state index < -0.39 is 0 Å². The van der Waals surface area contributed by atoms with Gasteiger partial charge in [-0.25, -0.2) is 0 Å². The normalized spacial score (nSPS) is 17.0. The largest absolute Gasteiger partial charge is 0.378 e. The van der Waals surface area contributed by atoms with E-state index >= 15 is 0 Å². The zero-order chi connectivity index (χ0) is 10.5. The summed E-state index contributed by atoms with van der Waals surface area (Å²) < 4.78 is 6.29. The number of nitrogens with zero attached hydrogens (tertiary/aromatic N) is 3. The summed E-state index contributed by atoms with van der Waals surface area (Å²) in [5.74, 6) is 0.901. The summed E-state index contributed by atoms with van der Waals surface area (Å²) in [7, 11) is 0. The molecule has 1 aromatic rings. The standard InChI is InChI=1S/C8H14N4OS2/c9-1-6-14-8-11-10-7(15-8)12-2-4-13-5-3-12/h1-6,9H2. The lowest BCUT2D eigenvalue weighted by Crippen LogP contribution is -2.36. The third-order valence-corrected chi connectivity index (χ3v) is 4.17. The Morgan fingerprint density at radius 1 is 1.40 bits per heavy atom. The molecule has 1 aliphatic rings. The Hall–Kier alpha value is -0.370. The van der Waals surface area contributed by atoms with E-state index in [1.807, 2.05) is 0 Å². The first-order valence-electron chi connectivity index (χ1n) is 4.89. The number of hydrogen-bond donors (Lipinski definition) is 1. The summed E-state index contributed by atoms with van der Waals surface area (Å²) in [6.45, 7) is 4.07. The molecule has 0 atom stereocenters. The highest BCUT2D eigenvalue weighted by Crippen LogP contribution is 2.27. The third-order valence-electron chi connectivity index (χ3n) is 2.02. The topological polar surface area (TPSA) is 64.3 Å². The lowest BCUT2D eigenvalue weighted by molar-refractivity contribution is 0.122. The van der Waals surface area contributed by atoms with Gasteiger partial charge in [0.05, 0.1) is 13.2 Å². The first-order chi connectivity index (χ1) is 7.40. The van der Waals surface area contributed by atoms with Crippen molar-refractivity contribution in [3.8, 4) is 0 Å². The molecule has 1 fully saturated rings. The minimum Gasteiger partial charge on any atom is -0.378 e. The van der Waals surface area contributed by atoms with Crippen LogP contribution in [0.2, 0.25) is 0 Å². The summed E-state index contributed by atoms with van der Waals surface area (Å²) in [5.41, 5.74) is 5.43. The van der Waals surface area contributed by atoms with E-state index in [2.05, 4.69) is 15.1 Å². The van der Waals surface area contributed by atoms with Crippen LogP contribution in [0, 0.1) is 0 Å². The van der Waals surface area contributed by atoms with Crippen LogP contribution >= 0.6 is 23.1 Å². The van der Waals surface area contributed by atoms with Crippen molar-refractivity contribution >= 4 is 28.2 Å². The lowest BCUT2D eigenvalue weighted by Gasteiger charge is -2.25. The highest BCUT2D eigenvalue weighted by atomic mass is 32.2. The molecular weight excluding hydrogens is 232 g/mol. The van der Waals surface area contributed by atoms with Crippen LogP contribution in [0.3, 0.4) is 0 Å². The molecule has 2 heterocycles. The summed E-state index contributed by atoms with van der Waals surface area (Å²) in [6, 6.07) is 0. The molecule has 0 radical (unpaired) electrons. The quantitative estimate of drug-likeness (QED) is 0.777. The Morgan fingerprint density at radius 2 is 2.20 bits per heavy atom. The minimum atomic E-state index is 0.678. The number of morpholine rings is 1. The number of anilines is 1. The molecule has 0 saturated carbocycles. The van der Waals surface area contributed by atoms with Crippen molar-refractivity contribution in [1.29, 1.82) is 0 Å². The maximum Gasteiger partial charge on any atom is 0.209 e. The second-order valence-electron chi connectivity index (χ2n) is 3.09. The molecule has 15 heavy (non-hydrogen) atoms. The van der Waals surface area contributed by atoms with Gasteiger partial charge in [0.25, 0.3) is 0 Å². The number of rotatable bonds is 4. The molecule has 0 spiro atoms. The first-order valence-corrected chi connectivity index (χ1v) is 6.69. The summed E-state index contributed by atoms with van der Waals surface area (Å²) >= 11 is 3.30. The SMILES string of the molecule is NCCSc1nnc(N2CCOCC2)s1. The molecule has 1 aromatic heterocycles. The maximum absolute atomic E-state index is 5.43. The van der Waals surface area contributed by atoms with Crippen LogP contribution < -0.4 is 10.6 Å². The minimum absolute atomic E-state index is 0.678. The lowest BCUT2D eigenvalue weighted by atomic mass is 10.5. The zero-order valence-corrected chi connectivity index (χ0v) is 10.0. The van der Waals surface area contributed by atoms with Crippen LogP contribution in [0.4, 0.5) is 5.13 Å². The van der Waals surface area contributed by atoms with Crippen LogP contribution in [0.1, 0.15) is 0 Å². The molecule has 0 aromatic carbocycles. The van der Waals surface area contributed by atoms with Crippen molar-refractivity contribution < 1.29 is 4.74 Å². The molecule has 1 aliphatic heterocycles. The van der Waals surface area contributed by atoms with Crippen LogP contribution in [-0.4, -0.2) is 48.8 Å². The Balaban J connectivity index is 1.93. The number of aromatic nitrogens is 2. The van der Waals surface area contributed by atoms with Gasteiger partial charge in [-0.1, -0.05) is 23.1 Å². The smallest absolute Gasteiger partial charge is 0.209 e. The molecule has 0 aliphatic carbocycles. The number of ether oxygens (including phenoxy) is 1. The Morgan fingerprint density at radius 3 is 2.93 bits per heavy atom. The molecule has 7 heteroatoms. The highest BCUT2D eigenvalue weighted by Gasteiger charge is 2.15. The molecule has 84 valence electrons. The predicted molar refractivity (Wildman–Crippen MR) is 62.7 cm³/mol. The van der Waals surface area contributed by atoms with E-state index in [0.717, 1.165) is 41.5 Å². The summed E-state index contributed by atoms with van der Waals surface area (Å²) in [6.07, 6.45) is 0. The third kappa shape index (κ3) is 3.04. The van der Waals surface area contributed by atoms with Crippen molar-refractivity contribution in [2.75, 3.05) is 43.5 Å². The first kappa shape index (κ1) is 11.1. The molecule has 2 rings (SSSR count). The van der Waals surface area contributed by atoms with Crippen molar-refractivity contribution in [2.45, 2.75) is 4.34 Å². The average molecular weight is 246 g/mol. The van der Waals surface area contributed by atoms with E-state index in [4.69, 9.17) is 10.5 Å². The molecule has 0 unspecified atom stereocenters. The van der Waals surface area contributed by atoms with E-state index in [9.17, 15) is 0 Å². The average Bonchev–Trinajstić information content (AvgIpc) is 2.76. The fourth-order valence-corrected chi connectivity index (χ4v) is 3.02. The molecule has 0 amide bonds.